The molecule has 0 saturated heterocycles. The van der Waals surface area contributed by atoms with Crippen LogP contribution in [-0.4, -0.2) is 49.6 Å². The summed E-state index contributed by atoms with van der Waals surface area (Å²) in [6.07, 6.45) is 2.15. The van der Waals surface area contributed by atoms with E-state index in [9.17, 15) is 0 Å². The van der Waals surface area contributed by atoms with Crippen molar-refractivity contribution in [1.82, 2.24) is 10.2 Å². The van der Waals surface area contributed by atoms with Crippen LogP contribution < -0.4 is 5.32 Å². The highest BCUT2D eigenvalue weighted by atomic mass is 32.2. The number of nitrogens with zero attached hydrogens (tertiary/aromatic N) is 1. The van der Waals surface area contributed by atoms with E-state index in [1.807, 2.05) is 11.8 Å². The Labute approximate surface area is 81.1 Å². The van der Waals surface area contributed by atoms with E-state index in [1.54, 1.807) is 0 Å². The maximum absolute atomic E-state index is 3.40. The van der Waals surface area contributed by atoms with E-state index < -0.39 is 0 Å². The summed E-state index contributed by atoms with van der Waals surface area (Å²) in [5.74, 6) is 1.23. The van der Waals surface area contributed by atoms with Gasteiger partial charge >= 0.3 is 0 Å². The van der Waals surface area contributed by atoms with Crippen LogP contribution in [0.2, 0.25) is 0 Å². The van der Waals surface area contributed by atoms with Gasteiger partial charge in [0.2, 0.25) is 0 Å². The van der Waals surface area contributed by atoms with Crippen molar-refractivity contribution in [2.45, 2.75) is 19.9 Å². The van der Waals surface area contributed by atoms with E-state index in [4.69, 9.17) is 0 Å². The molecule has 0 fully saturated rings. The zero-order valence-corrected chi connectivity index (χ0v) is 9.58. The van der Waals surface area contributed by atoms with Gasteiger partial charge in [-0.2, -0.15) is 11.8 Å². The third kappa shape index (κ3) is 8.37. The minimum Gasteiger partial charge on any atom is -0.313 e. The summed E-state index contributed by atoms with van der Waals surface area (Å²) < 4.78 is 0. The molecule has 0 aliphatic heterocycles. The molecule has 3 heteroatoms. The lowest BCUT2D eigenvalue weighted by atomic mass is 10.4. The molecular formula is C9H22N2S. The number of rotatable bonds is 7. The molecule has 0 amide bonds. The molecule has 0 unspecified atom stereocenters. The van der Waals surface area contributed by atoms with Crippen LogP contribution in [0.5, 0.6) is 0 Å². The molecule has 0 aromatic carbocycles. The van der Waals surface area contributed by atoms with Gasteiger partial charge in [-0.15, -0.1) is 0 Å². The summed E-state index contributed by atoms with van der Waals surface area (Å²) in [6, 6.07) is 0.610. The van der Waals surface area contributed by atoms with Crippen molar-refractivity contribution in [3.8, 4) is 0 Å². The Balaban J connectivity index is 3.13. The standard InChI is InChI=1S/C9H22N2S/c1-9(2)10-5-6-11(3)7-8-12-4/h9-10H,5-8H2,1-4H3. The SMILES string of the molecule is CSCCN(C)CCNC(C)C. The van der Waals surface area contributed by atoms with E-state index >= 15 is 0 Å². The van der Waals surface area contributed by atoms with Gasteiger partial charge in [-0.05, 0) is 13.3 Å². The van der Waals surface area contributed by atoms with E-state index in [0.29, 0.717) is 6.04 Å². The van der Waals surface area contributed by atoms with Gasteiger partial charge in [0.05, 0.1) is 0 Å². The van der Waals surface area contributed by atoms with E-state index in [0.717, 1.165) is 13.1 Å². The summed E-state index contributed by atoms with van der Waals surface area (Å²) in [5, 5.41) is 3.40. The smallest absolute Gasteiger partial charge is 0.0104 e. The van der Waals surface area contributed by atoms with Gasteiger partial charge in [0, 0.05) is 31.4 Å². The Morgan fingerprint density at radius 2 is 2.00 bits per heavy atom. The molecule has 2 nitrogen and oxygen atoms in total. The first-order chi connectivity index (χ1) is 5.66. The summed E-state index contributed by atoms with van der Waals surface area (Å²) >= 11 is 1.91. The van der Waals surface area contributed by atoms with Gasteiger partial charge in [-0.3, -0.25) is 0 Å². The van der Waals surface area contributed by atoms with Crippen molar-refractivity contribution in [3.63, 3.8) is 0 Å². The summed E-state index contributed by atoms with van der Waals surface area (Å²) in [5.41, 5.74) is 0. The fraction of sp³-hybridized carbons (Fsp3) is 1.00. The van der Waals surface area contributed by atoms with Gasteiger partial charge in [0.1, 0.15) is 0 Å². The molecule has 0 aliphatic rings. The van der Waals surface area contributed by atoms with Gasteiger partial charge in [-0.1, -0.05) is 13.8 Å². The Kier molecular flexibility index (Phi) is 8.07. The zero-order valence-electron chi connectivity index (χ0n) is 8.76. The predicted octanol–water partition coefficient (Wildman–Crippen LogP) is 1.28. The second kappa shape index (κ2) is 7.90. The van der Waals surface area contributed by atoms with Crippen molar-refractivity contribution in [3.05, 3.63) is 0 Å². The lowest BCUT2D eigenvalue weighted by molar-refractivity contribution is 0.346. The first-order valence-electron chi connectivity index (χ1n) is 4.57. The average molecular weight is 190 g/mol. The Morgan fingerprint density at radius 3 is 2.50 bits per heavy atom. The Bertz CT molecular complexity index is 96.5. The molecule has 0 atom stereocenters. The fourth-order valence-electron chi connectivity index (χ4n) is 0.903. The van der Waals surface area contributed by atoms with Crippen LogP contribution in [0.15, 0.2) is 0 Å². The summed E-state index contributed by atoms with van der Waals surface area (Å²) in [4.78, 5) is 2.37. The van der Waals surface area contributed by atoms with Crippen molar-refractivity contribution in [2.75, 3.05) is 38.7 Å². The minimum atomic E-state index is 0.610. The highest BCUT2D eigenvalue weighted by Gasteiger charge is 1.97. The van der Waals surface area contributed by atoms with Crippen LogP contribution in [0.4, 0.5) is 0 Å². The van der Waals surface area contributed by atoms with Gasteiger partial charge < -0.3 is 10.2 Å². The molecule has 1 N–H and O–H groups in total. The maximum Gasteiger partial charge on any atom is 0.0104 e. The summed E-state index contributed by atoms with van der Waals surface area (Å²) in [7, 11) is 2.18. The lowest BCUT2D eigenvalue weighted by Crippen LogP contribution is -2.33. The maximum atomic E-state index is 3.40. The van der Waals surface area contributed by atoms with Crippen molar-refractivity contribution >= 4 is 11.8 Å². The van der Waals surface area contributed by atoms with Gasteiger partial charge in [-0.25, -0.2) is 0 Å². The highest BCUT2D eigenvalue weighted by molar-refractivity contribution is 7.98. The van der Waals surface area contributed by atoms with E-state index in [1.165, 1.54) is 12.3 Å². The molecule has 74 valence electrons. The monoisotopic (exact) mass is 190 g/mol. The average Bonchev–Trinajstić information content (AvgIpc) is 2.00. The number of hydrogen-bond donors (Lipinski definition) is 1. The Morgan fingerprint density at radius 1 is 1.33 bits per heavy atom. The molecule has 12 heavy (non-hydrogen) atoms. The number of likely N-dealkylation sites (N-methyl/N-ethyl adjacent to an activating group) is 1. The lowest BCUT2D eigenvalue weighted by Gasteiger charge is -2.17. The first kappa shape index (κ1) is 12.3. The quantitative estimate of drug-likeness (QED) is 0.651. The molecule has 0 bridgehead atoms. The van der Waals surface area contributed by atoms with E-state index in [-0.39, 0.29) is 0 Å². The topological polar surface area (TPSA) is 15.3 Å². The third-order valence-corrected chi connectivity index (χ3v) is 2.31. The third-order valence-electron chi connectivity index (χ3n) is 1.72. The predicted molar refractivity (Wildman–Crippen MR) is 59.0 cm³/mol. The molecule has 0 spiro atoms. The number of nitrogens with one attached hydrogen (secondary N) is 1. The van der Waals surface area contributed by atoms with Crippen LogP contribution in [0.1, 0.15) is 13.8 Å². The first-order valence-corrected chi connectivity index (χ1v) is 5.97. The molecule has 0 aliphatic carbocycles. The van der Waals surface area contributed by atoms with Crippen molar-refractivity contribution < 1.29 is 0 Å². The molecule has 0 heterocycles. The number of thioether (sulfide) groups is 1. The minimum absolute atomic E-state index is 0.610. The van der Waals surface area contributed by atoms with Crippen LogP contribution in [0, 0.1) is 0 Å². The van der Waals surface area contributed by atoms with Crippen molar-refractivity contribution in [2.24, 2.45) is 0 Å². The molecule has 0 aromatic rings. The van der Waals surface area contributed by atoms with Gasteiger partial charge in [0.25, 0.3) is 0 Å². The highest BCUT2D eigenvalue weighted by Crippen LogP contribution is 1.92. The van der Waals surface area contributed by atoms with Gasteiger partial charge in [0.15, 0.2) is 0 Å². The number of hydrogen-bond acceptors (Lipinski definition) is 3. The molecule has 0 rings (SSSR count). The van der Waals surface area contributed by atoms with Crippen LogP contribution in [-0.2, 0) is 0 Å². The molecular weight excluding hydrogens is 168 g/mol. The normalized spacial score (nSPS) is 11.5. The second-order valence-corrected chi connectivity index (χ2v) is 4.39. The summed E-state index contributed by atoms with van der Waals surface area (Å²) in [6.45, 7) is 7.81. The van der Waals surface area contributed by atoms with Crippen LogP contribution in [0.3, 0.4) is 0 Å². The molecule has 0 saturated carbocycles. The fourth-order valence-corrected chi connectivity index (χ4v) is 1.40. The van der Waals surface area contributed by atoms with Crippen LogP contribution >= 0.6 is 11.8 Å². The second-order valence-electron chi connectivity index (χ2n) is 3.40. The molecule has 0 aromatic heterocycles. The van der Waals surface area contributed by atoms with Crippen molar-refractivity contribution in [1.29, 1.82) is 0 Å². The Hall–Kier alpha value is 0.270. The zero-order chi connectivity index (χ0) is 9.40. The largest absolute Gasteiger partial charge is 0.313 e. The molecule has 0 radical (unpaired) electrons. The van der Waals surface area contributed by atoms with Crippen LogP contribution in [0.25, 0.3) is 0 Å². The van der Waals surface area contributed by atoms with E-state index in [2.05, 4.69) is 37.4 Å².